The fraction of sp³-hybridized carbons (Fsp3) is 0.500. The molecule has 1 aromatic carbocycles. The van der Waals surface area contributed by atoms with E-state index in [4.69, 9.17) is 22.1 Å². The lowest BCUT2D eigenvalue weighted by molar-refractivity contribution is -0.229. The van der Waals surface area contributed by atoms with Crippen LogP contribution in [-0.4, -0.2) is 18.3 Å². The molecule has 0 radical (unpaired) electrons. The molecule has 2 nitrogen and oxygen atoms in total. The number of halogens is 4. The monoisotopic (exact) mass is 281 g/mol. The molecule has 3 unspecified atom stereocenters. The largest absolute Gasteiger partial charge is 0.414 e. The topological polar surface area (TPSA) is 35.2 Å². The average molecular weight is 282 g/mol. The summed E-state index contributed by atoms with van der Waals surface area (Å²) in [5.74, 6) is 0. The summed E-state index contributed by atoms with van der Waals surface area (Å²) in [5, 5.41) is 0.342. The zero-order chi connectivity index (χ0) is 13.9. The second kappa shape index (κ2) is 5.91. The minimum Gasteiger partial charge on any atom is -0.359 e. The molecule has 2 N–H and O–H groups in total. The fourth-order valence-corrected chi connectivity index (χ4v) is 1.73. The third-order valence-corrected chi connectivity index (χ3v) is 2.85. The Labute approximate surface area is 109 Å². The number of benzene rings is 1. The van der Waals surface area contributed by atoms with Crippen LogP contribution in [0, 0.1) is 0 Å². The smallest absolute Gasteiger partial charge is 0.359 e. The summed E-state index contributed by atoms with van der Waals surface area (Å²) in [7, 11) is 0. The van der Waals surface area contributed by atoms with Crippen LogP contribution in [0.1, 0.15) is 25.5 Å². The Morgan fingerprint density at radius 3 is 2.22 bits per heavy atom. The van der Waals surface area contributed by atoms with Crippen LogP contribution in [0.3, 0.4) is 0 Å². The maximum Gasteiger partial charge on any atom is 0.414 e. The van der Waals surface area contributed by atoms with Crippen molar-refractivity contribution in [2.75, 3.05) is 0 Å². The molecule has 0 aliphatic carbocycles. The van der Waals surface area contributed by atoms with Gasteiger partial charge in [0.15, 0.2) is 6.10 Å². The predicted octanol–water partition coefficient (Wildman–Crippen LogP) is 3.70. The van der Waals surface area contributed by atoms with Crippen molar-refractivity contribution in [2.24, 2.45) is 5.73 Å². The maximum atomic E-state index is 12.5. The third-order valence-electron chi connectivity index (χ3n) is 2.50. The van der Waals surface area contributed by atoms with Gasteiger partial charge in [-0.15, -0.1) is 0 Å². The fourth-order valence-electron chi connectivity index (χ4n) is 1.48. The summed E-state index contributed by atoms with van der Waals surface area (Å²) in [5.41, 5.74) is 6.14. The molecule has 0 amide bonds. The highest BCUT2D eigenvalue weighted by Gasteiger charge is 2.39. The van der Waals surface area contributed by atoms with Gasteiger partial charge in [0.05, 0.1) is 6.10 Å². The zero-order valence-electron chi connectivity index (χ0n) is 10.0. The predicted molar refractivity (Wildman–Crippen MR) is 64.4 cm³/mol. The highest BCUT2D eigenvalue weighted by molar-refractivity contribution is 6.31. The molecule has 3 atom stereocenters. The summed E-state index contributed by atoms with van der Waals surface area (Å²) in [6.45, 7) is 2.53. The first-order valence-corrected chi connectivity index (χ1v) is 5.83. The van der Waals surface area contributed by atoms with Crippen LogP contribution in [-0.2, 0) is 4.74 Å². The molecule has 18 heavy (non-hydrogen) atoms. The molecule has 0 saturated heterocycles. The molecule has 0 saturated carbocycles. The van der Waals surface area contributed by atoms with E-state index in [-0.39, 0.29) is 0 Å². The molecule has 0 fully saturated rings. The summed E-state index contributed by atoms with van der Waals surface area (Å²) in [6, 6.07) is 5.97. The lowest BCUT2D eigenvalue weighted by atomic mass is 10.0. The van der Waals surface area contributed by atoms with Gasteiger partial charge in [-0.3, -0.25) is 0 Å². The minimum atomic E-state index is -4.42. The first-order chi connectivity index (χ1) is 8.23. The number of rotatable bonds is 4. The third kappa shape index (κ3) is 3.86. The highest BCUT2D eigenvalue weighted by atomic mass is 35.5. The van der Waals surface area contributed by atoms with Crippen LogP contribution in [0.4, 0.5) is 13.2 Å². The number of hydrogen-bond donors (Lipinski definition) is 1. The van der Waals surface area contributed by atoms with Crippen LogP contribution in [0.25, 0.3) is 0 Å². The summed E-state index contributed by atoms with van der Waals surface area (Å²) >= 11 is 5.94. The lowest BCUT2D eigenvalue weighted by Crippen LogP contribution is -2.36. The molecule has 0 aliphatic heterocycles. The van der Waals surface area contributed by atoms with Gasteiger partial charge in [0, 0.05) is 16.6 Å². The molecular weight excluding hydrogens is 267 g/mol. The number of nitrogens with two attached hydrogens (primary N) is 1. The first kappa shape index (κ1) is 15.3. The van der Waals surface area contributed by atoms with Crippen LogP contribution < -0.4 is 5.73 Å². The Bertz CT molecular complexity index is 395. The second-order valence-corrected chi connectivity index (χ2v) is 4.53. The summed E-state index contributed by atoms with van der Waals surface area (Å²) in [4.78, 5) is 0. The highest BCUT2D eigenvalue weighted by Crippen LogP contribution is 2.32. The van der Waals surface area contributed by atoms with Crippen LogP contribution >= 0.6 is 11.6 Å². The molecule has 1 rings (SSSR count). The van der Waals surface area contributed by atoms with E-state index in [2.05, 4.69) is 0 Å². The van der Waals surface area contributed by atoms with Crippen molar-refractivity contribution in [3.63, 3.8) is 0 Å². The Morgan fingerprint density at radius 2 is 1.78 bits per heavy atom. The van der Waals surface area contributed by atoms with Crippen molar-refractivity contribution in [3.05, 3.63) is 34.9 Å². The molecule has 0 spiro atoms. The first-order valence-electron chi connectivity index (χ1n) is 5.45. The van der Waals surface area contributed by atoms with E-state index in [0.717, 1.165) is 6.92 Å². The van der Waals surface area contributed by atoms with E-state index >= 15 is 0 Å². The summed E-state index contributed by atoms with van der Waals surface area (Å²) < 4.78 is 42.5. The van der Waals surface area contributed by atoms with Gasteiger partial charge >= 0.3 is 6.18 Å². The van der Waals surface area contributed by atoms with Gasteiger partial charge in [0.25, 0.3) is 0 Å². The molecule has 0 aromatic heterocycles. The van der Waals surface area contributed by atoms with Gasteiger partial charge in [-0.1, -0.05) is 29.8 Å². The second-order valence-electron chi connectivity index (χ2n) is 4.12. The van der Waals surface area contributed by atoms with Gasteiger partial charge in [-0.25, -0.2) is 0 Å². The van der Waals surface area contributed by atoms with Crippen molar-refractivity contribution in [2.45, 2.75) is 38.3 Å². The van der Waals surface area contributed by atoms with Crippen molar-refractivity contribution in [3.8, 4) is 0 Å². The number of hydrogen-bond acceptors (Lipinski definition) is 2. The van der Waals surface area contributed by atoms with Crippen molar-refractivity contribution in [1.82, 2.24) is 0 Å². The van der Waals surface area contributed by atoms with Gasteiger partial charge in [-0.05, 0) is 19.9 Å². The molecule has 0 heterocycles. The van der Waals surface area contributed by atoms with E-state index in [0.29, 0.717) is 10.6 Å². The van der Waals surface area contributed by atoms with Gasteiger partial charge in [-0.2, -0.15) is 13.2 Å². The zero-order valence-corrected chi connectivity index (χ0v) is 10.8. The van der Waals surface area contributed by atoms with E-state index in [1.54, 1.807) is 31.2 Å². The average Bonchev–Trinajstić information content (AvgIpc) is 2.25. The molecule has 102 valence electrons. The van der Waals surface area contributed by atoms with Crippen LogP contribution in [0.15, 0.2) is 24.3 Å². The Morgan fingerprint density at radius 1 is 1.22 bits per heavy atom. The molecule has 0 aliphatic rings. The standard InChI is InChI=1S/C12H15ClF3NO/c1-7(17)11(18-8(2)12(14,15)16)9-5-3-4-6-10(9)13/h3-8,11H,17H2,1-2H3. The van der Waals surface area contributed by atoms with E-state index in [1.165, 1.54) is 0 Å². The van der Waals surface area contributed by atoms with Crippen LogP contribution in [0.2, 0.25) is 5.02 Å². The van der Waals surface area contributed by atoms with Gasteiger partial charge in [0.1, 0.15) is 0 Å². The van der Waals surface area contributed by atoms with Crippen molar-refractivity contribution >= 4 is 11.6 Å². The minimum absolute atomic E-state index is 0.342. The van der Waals surface area contributed by atoms with Crippen molar-refractivity contribution < 1.29 is 17.9 Å². The number of ether oxygens (including phenoxy) is 1. The molecule has 6 heteroatoms. The Hall–Kier alpha value is -0.780. The van der Waals surface area contributed by atoms with Crippen LogP contribution in [0.5, 0.6) is 0 Å². The Balaban J connectivity index is 2.95. The van der Waals surface area contributed by atoms with E-state index in [1.807, 2.05) is 0 Å². The van der Waals surface area contributed by atoms with Crippen molar-refractivity contribution in [1.29, 1.82) is 0 Å². The lowest BCUT2D eigenvalue weighted by Gasteiger charge is -2.27. The SMILES string of the molecule is CC(N)C(OC(C)C(F)(F)F)c1ccccc1Cl. The van der Waals surface area contributed by atoms with E-state index in [9.17, 15) is 13.2 Å². The maximum absolute atomic E-state index is 12.5. The van der Waals surface area contributed by atoms with Gasteiger partial charge in [0.2, 0.25) is 0 Å². The normalized spacial score (nSPS) is 17.3. The quantitative estimate of drug-likeness (QED) is 0.913. The molecule has 1 aromatic rings. The number of alkyl halides is 3. The molecule has 0 bridgehead atoms. The van der Waals surface area contributed by atoms with E-state index < -0.39 is 24.4 Å². The Kier molecular flexibility index (Phi) is 5.01. The van der Waals surface area contributed by atoms with Gasteiger partial charge < -0.3 is 10.5 Å². The molecular formula is C12H15ClF3NO. The summed E-state index contributed by atoms with van der Waals surface area (Å²) in [6.07, 6.45) is -7.21.